The number of aliphatic hydroxyl groups is 1. The number of carbonyl (C=O) groups excluding carboxylic acids is 3. The lowest BCUT2D eigenvalue weighted by Crippen LogP contribution is -2.33. The fourth-order valence-corrected chi connectivity index (χ4v) is 8.41. The number of hydrogen-bond donors (Lipinski definition) is 1. The first-order valence-corrected chi connectivity index (χ1v) is 26.9. The smallest absolute Gasteiger partial charge is 0.306 e. The second kappa shape index (κ2) is 44.5. The molecule has 0 saturated heterocycles. The quantitative estimate of drug-likeness (QED) is 0.0210. The van der Waals surface area contributed by atoms with Crippen LogP contribution in [0.15, 0.2) is 60.8 Å². The van der Waals surface area contributed by atoms with Gasteiger partial charge in [-0.05, 0) is 136 Å². The zero-order valence-electron chi connectivity index (χ0n) is 43.0. The first-order chi connectivity index (χ1) is 32.2. The lowest BCUT2D eigenvalue weighted by Gasteiger charge is -2.26. The lowest BCUT2D eigenvalue weighted by molar-refractivity contribution is -0.175. The molecule has 0 bridgehead atoms. The van der Waals surface area contributed by atoms with Crippen LogP contribution in [-0.4, -0.2) is 80.3 Å². The molecule has 1 aliphatic rings. The summed E-state index contributed by atoms with van der Waals surface area (Å²) < 4.78 is 23.4. The molecule has 0 aromatic rings. The highest BCUT2D eigenvalue weighted by Gasteiger charge is 2.39. The van der Waals surface area contributed by atoms with Gasteiger partial charge >= 0.3 is 17.9 Å². The van der Waals surface area contributed by atoms with Crippen LogP contribution >= 0.6 is 0 Å². The molecule has 1 aliphatic carbocycles. The molecule has 1 fully saturated rings. The maximum absolute atomic E-state index is 13.0. The molecule has 0 aromatic carbocycles. The summed E-state index contributed by atoms with van der Waals surface area (Å²) in [7, 11) is 3.99. The molecule has 0 aliphatic heterocycles. The van der Waals surface area contributed by atoms with E-state index in [1.165, 1.54) is 51.4 Å². The predicted octanol–water partition coefficient (Wildman–Crippen LogP) is 14.4. The summed E-state index contributed by atoms with van der Waals surface area (Å²) in [6.45, 7) is 7.20. The molecule has 5 unspecified atom stereocenters. The van der Waals surface area contributed by atoms with Crippen molar-refractivity contribution in [3.05, 3.63) is 60.8 Å². The molecule has 5 atom stereocenters. The van der Waals surface area contributed by atoms with Gasteiger partial charge < -0.3 is 29.0 Å². The van der Waals surface area contributed by atoms with Gasteiger partial charge in [-0.3, -0.25) is 14.4 Å². The summed E-state index contributed by atoms with van der Waals surface area (Å²) in [6, 6.07) is 0. The van der Waals surface area contributed by atoms with Gasteiger partial charge in [-0.25, -0.2) is 0 Å². The molecule has 1 N–H and O–H groups in total. The summed E-state index contributed by atoms with van der Waals surface area (Å²) in [6.07, 6.45) is 50.0. The minimum atomic E-state index is -1.10. The molecular formula is C57H99NO8. The minimum absolute atomic E-state index is 0.0799. The molecule has 66 heavy (non-hydrogen) atoms. The van der Waals surface area contributed by atoms with Crippen LogP contribution in [-0.2, 0) is 33.3 Å². The van der Waals surface area contributed by atoms with Gasteiger partial charge in [0.2, 0.25) is 0 Å². The van der Waals surface area contributed by atoms with Crippen LogP contribution in [0, 0.1) is 11.8 Å². The molecule has 1 rings (SSSR count). The van der Waals surface area contributed by atoms with Gasteiger partial charge in [0, 0.05) is 31.6 Å². The van der Waals surface area contributed by atoms with E-state index in [1.54, 1.807) is 0 Å². The number of allylic oxidation sites excluding steroid dienone is 10. The van der Waals surface area contributed by atoms with Crippen LogP contribution in [0.4, 0.5) is 0 Å². The van der Waals surface area contributed by atoms with Crippen LogP contribution < -0.4 is 0 Å². The number of ether oxygens (including phenoxy) is 4. The Morgan fingerprint density at radius 2 is 1.09 bits per heavy atom. The SMILES string of the molecule is CC/C=C\CC1C(CC(O)OCC(COC(=O)CCCCCCC/C=C\C/C=C\CCCCC)OC(=O)CCCCCCC/C=C\C/C=C\CCCCC)CCC1OC(=O)CCCN(C)C. The Morgan fingerprint density at radius 1 is 0.576 bits per heavy atom. The van der Waals surface area contributed by atoms with Gasteiger partial charge in [0.25, 0.3) is 0 Å². The van der Waals surface area contributed by atoms with Gasteiger partial charge in [-0.1, -0.05) is 146 Å². The van der Waals surface area contributed by atoms with Crippen molar-refractivity contribution in [2.75, 3.05) is 33.9 Å². The lowest BCUT2D eigenvalue weighted by atomic mass is 9.88. The maximum atomic E-state index is 13.0. The van der Waals surface area contributed by atoms with E-state index < -0.39 is 12.4 Å². The van der Waals surface area contributed by atoms with Crippen LogP contribution in [0.25, 0.3) is 0 Å². The predicted molar refractivity (Wildman–Crippen MR) is 274 cm³/mol. The third kappa shape index (κ3) is 37.0. The van der Waals surface area contributed by atoms with E-state index in [1.807, 2.05) is 14.1 Å². The molecule has 9 heteroatoms. The molecule has 9 nitrogen and oxygen atoms in total. The van der Waals surface area contributed by atoms with E-state index in [-0.39, 0.29) is 55.5 Å². The number of unbranched alkanes of at least 4 members (excludes halogenated alkanes) is 16. The van der Waals surface area contributed by atoms with Crippen molar-refractivity contribution in [3.63, 3.8) is 0 Å². The highest BCUT2D eigenvalue weighted by atomic mass is 16.6. The Kier molecular flexibility index (Phi) is 41.1. The third-order valence-corrected chi connectivity index (χ3v) is 12.4. The zero-order valence-corrected chi connectivity index (χ0v) is 43.0. The van der Waals surface area contributed by atoms with Gasteiger partial charge in [-0.15, -0.1) is 0 Å². The molecule has 0 heterocycles. The molecule has 1 saturated carbocycles. The average molecular weight is 926 g/mol. The molecule has 0 aromatic heterocycles. The van der Waals surface area contributed by atoms with Crippen molar-refractivity contribution in [2.24, 2.45) is 11.8 Å². The summed E-state index contributed by atoms with van der Waals surface area (Å²) in [5.74, 6) is -0.647. The molecule has 0 amide bonds. The van der Waals surface area contributed by atoms with E-state index in [9.17, 15) is 19.5 Å². The monoisotopic (exact) mass is 926 g/mol. The van der Waals surface area contributed by atoms with Crippen molar-refractivity contribution in [2.45, 2.75) is 238 Å². The molecule has 0 radical (unpaired) electrons. The second-order valence-corrected chi connectivity index (χ2v) is 18.8. The fourth-order valence-electron chi connectivity index (χ4n) is 8.41. The Bertz CT molecular complexity index is 1320. The average Bonchev–Trinajstić information content (AvgIpc) is 3.66. The molecule has 0 spiro atoms. The summed E-state index contributed by atoms with van der Waals surface area (Å²) >= 11 is 0. The first-order valence-electron chi connectivity index (χ1n) is 26.9. The minimum Gasteiger partial charge on any atom is -0.462 e. The highest BCUT2D eigenvalue weighted by Crippen LogP contribution is 2.40. The second-order valence-electron chi connectivity index (χ2n) is 18.8. The van der Waals surface area contributed by atoms with Crippen molar-refractivity contribution < 1.29 is 38.4 Å². The van der Waals surface area contributed by atoms with Gasteiger partial charge in [0.05, 0.1) is 6.61 Å². The van der Waals surface area contributed by atoms with Crippen LogP contribution in [0.2, 0.25) is 0 Å². The number of rotatable bonds is 44. The standard InChI is InChI=1S/C57H99NO8/c1-6-9-12-14-16-18-20-22-24-26-28-30-32-34-37-41-54(59)63-48-51(65-55(60)42-38-35-33-31-29-27-25-23-21-19-17-15-13-10-7-2)49-64-57(62)47-50-44-45-53(52(50)40-36-11-8-3)66-56(61)43-39-46-58(4)5/h11,16-19,22-25,36,50-53,57,62H,6-10,12-15,20-21,26-35,37-49H2,1-5H3/b18-16-,19-17-,24-22-,25-23-,36-11-. The van der Waals surface area contributed by atoms with Crippen molar-refractivity contribution >= 4 is 17.9 Å². The van der Waals surface area contributed by atoms with Crippen molar-refractivity contribution in [1.29, 1.82) is 0 Å². The van der Waals surface area contributed by atoms with E-state index >= 15 is 0 Å². The first kappa shape index (κ1) is 61.0. The summed E-state index contributed by atoms with van der Waals surface area (Å²) in [4.78, 5) is 40.6. The summed E-state index contributed by atoms with van der Waals surface area (Å²) in [5.41, 5.74) is 0. The largest absolute Gasteiger partial charge is 0.462 e. The number of aliphatic hydroxyl groups excluding tert-OH is 1. The van der Waals surface area contributed by atoms with E-state index in [4.69, 9.17) is 18.9 Å². The van der Waals surface area contributed by atoms with Crippen molar-refractivity contribution in [3.8, 4) is 0 Å². The van der Waals surface area contributed by atoms with Gasteiger partial charge in [0.1, 0.15) is 12.7 Å². The van der Waals surface area contributed by atoms with Crippen LogP contribution in [0.3, 0.4) is 0 Å². The Balaban J connectivity index is 2.60. The zero-order chi connectivity index (χ0) is 48.1. The number of hydrogen-bond acceptors (Lipinski definition) is 9. The third-order valence-electron chi connectivity index (χ3n) is 12.4. The Morgan fingerprint density at radius 3 is 1.64 bits per heavy atom. The molecular weight excluding hydrogens is 827 g/mol. The topological polar surface area (TPSA) is 112 Å². The van der Waals surface area contributed by atoms with Crippen LogP contribution in [0.1, 0.15) is 220 Å². The van der Waals surface area contributed by atoms with Gasteiger partial charge in [0.15, 0.2) is 12.4 Å². The molecule has 380 valence electrons. The number of nitrogens with zero attached hydrogens (tertiary/aromatic N) is 1. The Labute approximate surface area is 404 Å². The Hall–Kier alpha value is -3.01. The summed E-state index contributed by atoms with van der Waals surface area (Å²) in [5, 5.41) is 11.1. The van der Waals surface area contributed by atoms with E-state index in [0.717, 1.165) is 129 Å². The number of carbonyl (C=O) groups is 3. The van der Waals surface area contributed by atoms with Gasteiger partial charge in [-0.2, -0.15) is 0 Å². The number of esters is 3. The fraction of sp³-hybridized carbons (Fsp3) is 0.772. The normalized spacial score (nSPS) is 17.7. The van der Waals surface area contributed by atoms with Crippen molar-refractivity contribution in [1.82, 2.24) is 4.90 Å². The van der Waals surface area contributed by atoms with E-state index in [0.29, 0.717) is 19.3 Å². The highest BCUT2D eigenvalue weighted by molar-refractivity contribution is 5.70. The maximum Gasteiger partial charge on any atom is 0.306 e. The van der Waals surface area contributed by atoms with E-state index in [2.05, 4.69) is 86.4 Å². The van der Waals surface area contributed by atoms with Crippen LogP contribution in [0.5, 0.6) is 0 Å².